The fraction of sp³-hybridized carbons (Fsp3) is 0.632. The molecule has 0 aromatic heterocycles. The lowest BCUT2D eigenvalue weighted by molar-refractivity contribution is -0.122. The van der Waals surface area contributed by atoms with E-state index in [9.17, 15) is 4.79 Å². The first-order valence-corrected chi connectivity index (χ1v) is 9.70. The van der Waals surface area contributed by atoms with Gasteiger partial charge in [0.25, 0.3) is 5.91 Å². The molecule has 2 rings (SSSR count). The first-order valence-electron chi connectivity index (χ1n) is 8.65. The number of thioether (sulfide) groups is 1. The second-order valence-corrected chi connectivity index (χ2v) is 7.88. The number of rotatable bonds is 7. The molecule has 1 aliphatic rings. The molecule has 0 atom stereocenters. The SMILES string of the molecule is Cc1cc(C)c(C)c(OCC(=O)NCCSC2CCCCC2)c1. The van der Waals surface area contributed by atoms with Crippen LogP contribution in [0.15, 0.2) is 12.1 Å². The summed E-state index contributed by atoms with van der Waals surface area (Å²) in [4.78, 5) is 11.9. The van der Waals surface area contributed by atoms with Gasteiger partial charge in [0.15, 0.2) is 6.61 Å². The van der Waals surface area contributed by atoms with Crippen LogP contribution in [0.3, 0.4) is 0 Å². The van der Waals surface area contributed by atoms with Crippen molar-refractivity contribution in [3.05, 3.63) is 28.8 Å². The first-order chi connectivity index (χ1) is 11.1. The van der Waals surface area contributed by atoms with Crippen LogP contribution in [0.2, 0.25) is 0 Å². The summed E-state index contributed by atoms with van der Waals surface area (Å²) in [6.07, 6.45) is 6.81. The standard InChI is InChI=1S/C19H29NO2S/c1-14-11-15(2)16(3)18(12-14)22-13-19(21)20-9-10-23-17-7-5-4-6-8-17/h11-12,17H,4-10,13H2,1-3H3,(H,20,21). The van der Waals surface area contributed by atoms with Crippen molar-refractivity contribution in [3.8, 4) is 5.75 Å². The lowest BCUT2D eigenvalue weighted by atomic mass is 10.0. The van der Waals surface area contributed by atoms with Gasteiger partial charge in [-0.1, -0.05) is 25.3 Å². The molecule has 3 nitrogen and oxygen atoms in total. The zero-order valence-electron chi connectivity index (χ0n) is 14.6. The Morgan fingerprint density at radius 1 is 1.22 bits per heavy atom. The molecule has 1 aromatic carbocycles. The van der Waals surface area contributed by atoms with Crippen LogP contribution in [0.4, 0.5) is 0 Å². The minimum atomic E-state index is -0.0344. The molecule has 0 spiro atoms. The Morgan fingerprint density at radius 2 is 1.96 bits per heavy atom. The highest BCUT2D eigenvalue weighted by Crippen LogP contribution is 2.27. The fourth-order valence-corrected chi connectivity index (χ4v) is 4.21. The molecule has 4 heteroatoms. The molecule has 1 saturated carbocycles. The zero-order chi connectivity index (χ0) is 16.7. The summed E-state index contributed by atoms with van der Waals surface area (Å²) >= 11 is 2.00. The Bertz CT molecular complexity index is 524. The Morgan fingerprint density at radius 3 is 2.70 bits per heavy atom. The van der Waals surface area contributed by atoms with Crippen molar-refractivity contribution in [3.63, 3.8) is 0 Å². The van der Waals surface area contributed by atoms with Crippen molar-refractivity contribution in [1.82, 2.24) is 5.32 Å². The van der Waals surface area contributed by atoms with Crippen LogP contribution in [-0.4, -0.2) is 30.1 Å². The molecule has 23 heavy (non-hydrogen) atoms. The van der Waals surface area contributed by atoms with Crippen LogP contribution < -0.4 is 10.1 Å². The van der Waals surface area contributed by atoms with Crippen molar-refractivity contribution >= 4 is 17.7 Å². The summed E-state index contributed by atoms with van der Waals surface area (Å²) < 4.78 is 5.69. The summed E-state index contributed by atoms with van der Waals surface area (Å²) in [5.41, 5.74) is 3.47. The molecule has 1 aromatic rings. The third kappa shape index (κ3) is 6.09. The highest BCUT2D eigenvalue weighted by molar-refractivity contribution is 7.99. The van der Waals surface area contributed by atoms with Gasteiger partial charge in [-0.3, -0.25) is 4.79 Å². The molecule has 0 saturated heterocycles. The first kappa shape index (κ1) is 18.2. The van der Waals surface area contributed by atoms with Gasteiger partial charge < -0.3 is 10.1 Å². The van der Waals surface area contributed by atoms with Crippen molar-refractivity contribution < 1.29 is 9.53 Å². The van der Waals surface area contributed by atoms with E-state index in [0.717, 1.165) is 34.4 Å². The van der Waals surface area contributed by atoms with Gasteiger partial charge in [0.2, 0.25) is 0 Å². The Labute approximate surface area is 144 Å². The quantitative estimate of drug-likeness (QED) is 0.760. The third-order valence-corrected chi connectivity index (χ3v) is 5.84. The van der Waals surface area contributed by atoms with E-state index in [1.807, 2.05) is 31.7 Å². The summed E-state index contributed by atoms with van der Waals surface area (Å²) in [7, 11) is 0. The van der Waals surface area contributed by atoms with Gasteiger partial charge in [0.05, 0.1) is 0 Å². The minimum Gasteiger partial charge on any atom is -0.483 e. The van der Waals surface area contributed by atoms with E-state index in [1.165, 1.54) is 37.7 Å². The van der Waals surface area contributed by atoms with Crippen molar-refractivity contribution in [1.29, 1.82) is 0 Å². The normalized spacial score (nSPS) is 15.4. The highest BCUT2D eigenvalue weighted by Gasteiger charge is 2.13. The molecular weight excluding hydrogens is 306 g/mol. The van der Waals surface area contributed by atoms with E-state index >= 15 is 0 Å². The molecule has 0 radical (unpaired) electrons. The van der Waals surface area contributed by atoms with Crippen LogP contribution in [0.5, 0.6) is 5.75 Å². The number of hydrogen-bond acceptors (Lipinski definition) is 3. The highest BCUT2D eigenvalue weighted by atomic mass is 32.2. The second kappa shape index (κ2) is 9.21. The molecule has 1 amide bonds. The average Bonchev–Trinajstić information content (AvgIpc) is 2.54. The van der Waals surface area contributed by atoms with Gasteiger partial charge in [-0.25, -0.2) is 0 Å². The molecule has 1 aliphatic carbocycles. The molecule has 1 fully saturated rings. The smallest absolute Gasteiger partial charge is 0.257 e. The van der Waals surface area contributed by atoms with Crippen LogP contribution in [0.1, 0.15) is 48.8 Å². The molecule has 0 bridgehead atoms. The Hall–Kier alpha value is -1.16. The summed E-state index contributed by atoms with van der Waals surface area (Å²) in [5, 5.41) is 3.76. The van der Waals surface area contributed by atoms with Gasteiger partial charge >= 0.3 is 0 Å². The fourth-order valence-electron chi connectivity index (χ4n) is 2.99. The number of carbonyl (C=O) groups excluding carboxylic acids is 1. The van der Waals surface area contributed by atoms with Gasteiger partial charge in [-0.2, -0.15) is 11.8 Å². The average molecular weight is 336 g/mol. The number of carbonyl (C=O) groups is 1. The van der Waals surface area contributed by atoms with Crippen molar-refractivity contribution in [2.45, 2.75) is 58.1 Å². The Balaban J connectivity index is 1.65. The number of hydrogen-bond donors (Lipinski definition) is 1. The second-order valence-electron chi connectivity index (χ2n) is 6.47. The van der Waals surface area contributed by atoms with E-state index in [1.54, 1.807) is 0 Å². The predicted molar refractivity (Wildman–Crippen MR) is 98.5 cm³/mol. The number of benzene rings is 1. The van der Waals surface area contributed by atoms with E-state index in [0.29, 0.717) is 0 Å². The monoisotopic (exact) mass is 335 g/mol. The molecule has 128 valence electrons. The van der Waals surface area contributed by atoms with Gasteiger partial charge in [-0.15, -0.1) is 0 Å². The summed E-state index contributed by atoms with van der Waals surface area (Å²) in [5.74, 6) is 1.78. The number of aryl methyl sites for hydroxylation is 2. The van der Waals surface area contributed by atoms with Crippen LogP contribution >= 0.6 is 11.8 Å². The number of ether oxygens (including phenoxy) is 1. The maximum atomic E-state index is 11.9. The number of nitrogens with one attached hydrogen (secondary N) is 1. The van der Waals surface area contributed by atoms with Gasteiger partial charge in [0.1, 0.15) is 5.75 Å². The lowest BCUT2D eigenvalue weighted by Gasteiger charge is -2.20. The maximum Gasteiger partial charge on any atom is 0.257 e. The lowest BCUT2D eigenvalue weighted by Crippen LogP contribution is -2.31. The van der Waals surface area contributed by atoms with Crippen molar-refractivity contribution in [2.24, 2.45) is 0 Å². The van der Waals surface area contributed by atoms with Gasteiger partial charge in [-0.05, 0) is 56.4 Å². The minimum absolute atomic E-state index is 0.0344. The van der Waals surface area contributed by atoms with E-state index in [2.05, 4.69) is 18.3 Å². The van der Waals surface area contributed by atoms with Crippen molar-refractivity contribution in [2.75, 3.05) is 18.9 Å². The topological polar surface area (TPSA) is 38.3 Å². The zero-order valence-corrected chi connectivity index (χ0v) is 15.4. The van der Waals surface area contributed by atoms with Gasteiger partial charge in [0, 0.05) is 17.5 Å². The summed E-state index contributed by atoms with van der Waals surface area (Å²) in [6, 6.07) is 4.12. The van der Waals surface area contributed by atoms with E-state index in [4.69, 9.17) is 4.74 Å². The predicted octanol–water partition coefficient (Wildman–Crippen LogP) is 4.17. The molecule has 0 unspecified atom stereocenters. The molecule has 0 heterocycles. The van der Waals surface area contributed by atoms with E-state index in [-0.39, 0.29) is 12.5 Å². The maximum absolute atomic E-state index is 11.9. The number of amides is 1. The summed E-state index contributed by atoms with van der Waals surface area (Å²) in [6.45, 7) is 6.97. The molecular formula is C19H29NO2S. The van der Waals surface area contributed by atoms with Crippen LogP contribution in [0, 0.1) is 20.8 Å². The largest absolute Gasteiger partial charge is 0.483 e. The molecule has 1 N–H and O–H groups in total. The Kier molecular flexibility index (Phi) is 7.28. The molecule has 0 aliphatic heterocycles. The van der Waals surface area contributed by atoms with E-state index < -0.39 is 0 Å². The third-order valence-electron chi connectivity index (χ3n) is 4.45. The van der Waals surface area contributed by atoms with Crippen LogP contribution in [-0.2, 0) is 4.79 Å². The van der Waals surface area contributed by atoms with Crippen LogP contribution in [0.25, 0.3) is 0 Å².